The van der Waals surface area contributed by atoms with E-state index in [9.17, 15) is 27.9 Å². The summed E-state index contributed by atoms with van der Waals surface area (Å²) < 4.78 is 48.7. The minimum atomic E-state index is -5.09. The van der Waals surface area contributed by atoms with Crippen LogP contribution in [0.2, 0.25) is 5.02 Å². The first-order chi connectivity index (χ1) is 16.8. The Labute approximate surface area is 209 Å². The van der Waals surface area contributed by atoms with E-state index in [2.05, 4.69) is 0 Å². The number of likely N-dealkylation sites (N-methyl/N-ethyl adjacent to an activating group) is 1. The van der Waals surface area contributed by atoms with Gasteiger partial charge in [-0.15, -0.1) is 0 Å². The van der Waals surface area contributed by atoms with Gasteiger partial charge in [0.15, 0.2) is 12.2 Å². The largest absolute Gasteiger partial charge is 0.482 e. The van der Waals surface area contributed by atoms with Crippen molar-refractivity contribution in [1.82, 2.24) is 0 Å². The number of carboxylic acid groups (broad SMARTS) is 1. The van der Waals surface area contributed by atoms with Gasteiger partial charge in [0.05, 0.1) is 11.3 Å². The van der Waals surface area contributed by atoms with Crippen molar-refractivity contribution in [2.75, 3.05) is 18.6 Å². The smallest absolute Gasteiger partial charge is 0.422 e. The quantitative estimate of drug-likeness (QED) is 0.457. The molecule has 0 radical (unpaired) electrons. The molecule has 0 saturated carbocycles. The van der Waals surface area contributed by atoms with Crippen LogP contribution in [-0.4, -0.2) is 41.9 Å². The summed E-state index contributed by atoms with van der Waals surface area (Å²) in [7, 11) is 1.42. The zero-order valence-electron chi connectivity index (χ0n) is 19.1. The molecule has 2 unspecified atom stereocenters. The molecule has 4 rings (SSSR count). The maximum atomic E-state index is 14.5. The minimum absolute atomic E-state index is 0.00132. The fourth-order valence-corrected chi connectivity index (χ4v) is 4.60. The topological polar surface area (TPSA) is 87.1 Å². The molecule has 1 amide bonds. The van der Waals surface area contributed by atoms with E-state index in [1.165, 1.54) is 49.2 Å². The van der Waals surface area contributed by atoms with Crippen molar-refractivity contribution in [3.8, 4) is 16.9 Å². The Morgan fingerprint density at radius 2 is 1.69 bits per heavy atom. The van der Waals surface area contributed by atoms with Crippen molar-refractivity contribution in [2.24, 2.45) is 0 Å². The SMILES string of the molecule is CC(c1ccc(-c2ccc(C(=O)O)cc2)cc1Cl)C(O)(c1ccc2c(c1)N(C)C(=O)CO2)C(F)(F)F. The number of rotatable bonds is 5. The normalized spacial score (nSPS) is 16.1. The molecule has 0 fully saturated rings. The molecule has 36 heavy (non-hydrogen) atoms. The predicted octanol–water partition coefficient (Wildman–Crippen LogP) is 5.61. The molecular weight excluding hydrogens is 499 g/mol. The summed E-state index contributed by atoms with van der Waals surface area (Å²) in [5.41, 5.74) is -2.35. The highest BCUT2D eigenvalue weighted by molar-refractivity contribution is 6.31. The first-order valence-corrected chi connectivity index (χ1v) is 11.2. The third-order valence-corrected chi connectivity index (χ3v) is 6.80. The van der Waals surface area contributed by atoms with Crippen LogP contribution in [0.3, 0.4) is 0 Å². The highest BCUT2D eigenvalue weighted by atomic mass is 35.5. The van der Waals surface area contributed by atoms with Gasteiger partial charge in [0.1, 0.15) is 5.75 Å². The lowest BCUT2D eigenvalue weighted by atomic mass is 9.77. The number of nitrogens with zero attached hydrogens (tertiary/aromatic N) is 1. The molecule has 3 aromatic rings. The Kier molecular flexibility index (Phi) is 6.49. The molecule has 1 heterocycles. The Balaban J connectivity index is 1.75. The van der Waals surface area contributed by atoms with Crippen LogP contribution < -0.4 is 9.64 Å². The summed E-state index contributed by atoms with van der Waals surface area (Å²) in [5.74, 6) is -2.82. The van der Waals surface area contributed by atoms with Gasteiger partial charge >= 0.3 is 12.1 Å². The Bertz CT molecular complexity index is 1340. The summed E-state index contributed by atoms with van der Waals surface area (Å²) in [6.07, 6.45) is -5.09. The molecule has 2 N–H and O–H groups in total. The summed E-state index contributed by atoms with van der Waals surface area (Å²) in [6, 6.07) is 13.9. The number of hydrogen-bond acceptors (Lipinski definition) is 4. The monoisotopic (exact) mass is 519 g/mol. The maximum absolute atomic E-state index is 14.5. The third kappa shape index (κ3) is 4.29. The Hall–Kier alpha value is -3.56. The van der Waals surface area contributed by atoms with Crippen LogP contribution in [0.1, 0.15) is 34.3 Å². The molecule has 3 aromatic carbocycles. The lowest BCUT2D eigenvalue weighted by Gasteiger charge is -2.38. The second-order valence-corrected chi connectivity index (χ2v) is 8.94. The van der Waals surface area contributed by atoms with E-state index in [0.29, 0.717) is 11.1 Å². The van der Waals surface area contributed by atoms with Gasteiger partial charge < -0.3 is 19.8 Å². The van der Waals surface area contributed by atoms with Crippen molar-refractivity contribution in [3.63, 3.8) is 0 Å². The van der Waals surface area contributed by atoms with Crippen LogP contribution in [0.15, 0.2) is 60.7 Å². The third-order valence-electron chi connectivity index (χ3n) is 6.48. The molecule has 0 aliphatic carbocycles. The number of halogens is 4. The van der Waals surface area contributed by atoms with Crippen molar-refractivity contribution >= 4 is 29.2 Å². The highest BCUT2D eigenvalue weighted by Crippen LogP contribution is 2.51. The average molecular weight is 520 g/mol. The number of carboxylic acids is 1. The van der Waals surface area contributed by atoms with Gasteiger partial charge in [0, 0.05) is 18.0 Å². The van der Waals surface area contributed by atoms with Gasteiger partial charge in [-0.1, -0.05) is 48.9 Å². The van der Waals surface area contributed by atoms with Crippen LogP contribution in [0.4, 0.5) is 18.9 Å². The number of anilines is 1. The van der Waals surface area contributed by atoms with E-state index in [1.54, 1.807) is 18.2 Å². The van der Waals surface area contributed by atoms with E-state index < -0.39 is 35.1 Å². The molecule has 0 saturated heterocycles. The summed E-state index contributed by atoms with van der Waals surface area (Å²) in [4.78, 5) is 24.2. The molecule has 0 spiro atoms. The fraction of sp³-hybridized carbons (Fsp3) is 0.231. The van der Waals surface area contributed by atoms with Gasteiger partial charge in [-0.3, -0.25) is 4.79 Å². The average Bonchev–Trinajstić information content (AvgIpc) is 2.84. The standard InChI is InChI=1S/C26H21ClF3NO5/c1-14(19-9-7-17(11-20(19)27)15-3-5-16(6-4-15)24(33)34)25(35,26(28,29)30)18-8-10-22-21(12-18)31(2)23(32)13-36-22/h3-12,14,35H,13H2,1-2H3,(H,33,34). The van der Waals surface area contributed by atoms with Crippen LogP contribution in [0.25, 0.3) is 11.1 Å². The molecule has 188 valence electrons. The fourth-order valence-electron chi connectivity index (χ4n) is 4.26. The minimum Gasteiger partial charge on any atom is -0.482 e. The molecule has 1 aliphatic rings. The lowest BCUT2D eigenvalue weighted by Crippen LogP contribution is -2.47. The Morgan fingerprint density at radius 1 is 1.06 bits per heavy atom. The number of aromatic carboxylic acids is 1. The number of ether oxygens (including phenoxy) is 1. The number of aliphatic hydroxyl groups is 1. The Morgan fingerprint density at radius 3 is 2.28 bits per heavy atom. The molecule has 0 aromatic heterocycles. The first-order valence-electron chi connectivity index (χ1n) is 10.8. The molecular formula is C26H21ClF3NO5. The predicted molar refractivity (Wildman–Crippen MR) is 128 cm³/mol. The molecule has 10 heteroatoms. The van der Waals surface area contributed by atoms with Gasteiger partial charge in [0.25, 0.3) is 5.91 Å². The molecule has 6 nitrogen and oxygen atoms in total. The molecule has 2 atom stereocenters. The second-order valence-electron chi connectivity index (χ2n) is 8.53. The number of amides is 1. The van der Waals surface area contributed by atoms with E-state index in [4.69, 9.17) is 21.4 Å². The number of carbonyl (C=O) groups is 2. The number of carbonyl (C=O) groups excluding carboxylic acids is 1. The summed E-state index contributed by atoms with van der Waals surface area (Å²) >= 11 is 6.41. The van der Waals surface area contributed by atoms with Crippen LogP contribution in [0.5, 0.6) is 5.75 Å². The van der Waals surface area contributed by atoms with Crippen LogP contribution >= 0.6 is 11.6 Å². The van der Waals surface area contributed by atoms with E-state index in [0.717, 1.165) is 12.1 Å². The zero-order chi connectivity index (χ0) is 26.4. The zero-order valence-corrected chi connectivity index (χ0v) is 19.9. The van der Waals surface area contributed by atoms with Gasteiger partial charge in [-0.25, -0.2) is 4.79 Å². The maximum Gasteiger partial charge on any atom is 0.422 e. The first kappa shape index (κ1) is 25.5. The lowest BCUT2D eigenvalue weighted by molar-refractivity contribution is -0.274. The number of hydrogen-bond donors (Lipinski definition) is 2. The molecule has 1 aliphatic heterocycles. The van der Waals surface area contributed by atoms with Crippen molar-refractivity contribution in [1.29, 1.82) is 0 Å². The second kappa shape index (κ2) is 9.15. The van der Waals surface area contributed by atoms with Crippen molar-refractivity contribution in [2.45, 2.75) is 24.6 Å². The van der Waals surface area contributed by atoms with Crippen molar-refractivity contribution in [3.05, 3.63) is 82.4 Å². The number of alkyl halides is 3. The summed E-state index contributed by atoms with van der Waals surface area (Å²) in [6.45, 7) is 0.991. The van der Waals surface area contributed by atoms with Gasteiger partial charge in [-0.2, -0.15) is 13.2 Å². The van der Waals surface area contributed by atoms with Gasteiger partial charge in [-0.05, 0) is 52.6 Å². The number of fused-ring (bicyclic) bond motifs is 1. The van der Waals surface area contributed by atoms with Crippen molar-refractivity contribution < 1.29 is 37.7 Å². The molecule has 0 bridgehead atoms. The summed E-state index contributed by atoms with van der Waals surface area (Å²) in [5, 5.41) is 20.3. The van der Waals surface area contributed by atoms with E-state index in [-0.39, 0.29) is 34.2 Å². The highest BCUT2D eigenvalue weighted by Gasteiger charge is 2.59. The van der Waals surface area contributed by atoms with Gasteiger partial charge in [0.2, 0.25) is 0 Å². The van der Waals surface area contributed by atoms with E-state index in [1.807, 2.05) is 0 Å². The van der Waals surface area contributed by atoms with Crippen LogP contribution in [-0.2, 0) is 10.4 Å². The number of benzene rings is 3. The van der Waals surface area contributed by atoms with E-state index >= 15 is 0 Å². The van der Waals surface area contributed by atoms with Crippen LogP contribution in [0, 0.1) is 0 Å².